The highest BCUT2D eigenvalue weighted by Gasteiger charge is 2.04. The highest BCUT2D eigenvalue weighted by Crippen LogP contribution is 2.14. The maximum Gasteiger partial charge on any atom is 0.140 e. The Balaban J connectivity index is 2.26. The number of rotatable bonds is 5. The van der Waals surface area contributed by atoms with Crippen LogP contribution in [-0.2, 0) is 0 Å². The Bertz CT molecular complexity index is 284. The van der Waals surface area contributed by atoms with Crippen molar-refractivity contribution in [1.29, 1.82) is 0 Å². The van der Waals surface area contributed by atoms with Crippen molar-refractivity contribution in [2.75, 3.05) is 6.54 Å². The normalized spacial score (nSPS) is 14.2. The molecule has 4 nitrogen and oxygen atoms in total. The van der Waals surface area contributed by atoms with Crippen LogP contribution in [0.5, 0.6) is 0 Å². The average molecular weight is 213 g/mol. The van der Waals surface area contributed by atoms with Crippen LogP contribution in [-0.4, -0.2) is 17.6 Å². The minimum atomic E-state index is 0.259. The van der Waals surface area contributed by atoms with E-state index >= 15 is 0 Å². The minimum Gasteiger partial charge on any atom is -0.409 e. The third-order valence-corrected chi connectivity index (χ3v) is 2.70. The molecular weight excluding hydrogens is 198 g/mol. The number of hydrogen-bond acceptors (Lipinski definition) is 4. The summed E-state index contributed by atoms with van der Waals surface area (Å²) in [5.41, 5.74) is 6.61. The van der Waals surface area contributed by atoms with E-state index in [9.17, 15) is 0 Å². The van der Waals surface area contributed by atoms with Crippen LogP contribution < -0.4 is 11.1 Å². The van der Waals surface area contributed by atoms with E-state index in [1.807, 2.05) is 0 Å². The molecule has 4 N–H and O–H groups in total. The lowest BCUT2D eigenvalue weighted by Crippen LogP contribution is -2.24. The molecule has 1 aromatic rings. The van der Waals surface area contributed by atoms with Gasteiger partial charge < -0.3 is 16.3 Å². The van der Waals surface area contributed by atoms with Crippen LogP contribution in [0.25, 0.3) is 0 Å². The third-order valence-electron chi connectivity index (χ3n) is 2.00. The van der Waals surface area contributed by atoms with Crippen molar-refractivity contribution in [1.82, 2.24) is 5.32 Å². The predicted molar refractivity (Wildman–Crippen MR) is 58.8 cm³/mol. The lowest BCUT2D eigenvalue weighted by atomic mass is 10.2. The fourth-order valence-electron chi connectivity index (χ4n) is 1.11. The largest absolute Gasteiger partial charge is 0.409 e. The van der Waals surface area contributed by atoms with E-state index in [1.165, 1.54) is 5.56 Å². The molecule has 5 heteroatoms. The molecule has 0 saturated heterocycles. The molecule has 14 heavy (non-hydrogen) atoms. The zero-order valence-corrected chi connectivity index (χ0v) is 8.92. The molecule has 1 atom stereocenters. The molecule has 0 aromatic carbocycles. The number of nitrogens with two attached hydrogens (primary N) is 1. The van der Waals surface area contributed by atoms with Crippen molar-refractivity contribution in [2.24, 2.45) is 10.9 Å². The third kappa shape index (κ3) is 3.35. The van der Waals surface area contributed by atoms with Gasteiger partial charge in [-0.25, -0.2) is 0 Å². The Morgan fingerprint density at radius 3 is 3.14 bits per heavy atom. The summed E-state index contributed by atoms with van der Waals surface area (Å²) in [5.74, 6) is 0.259. The second-order valence-corrected chi connectivity index (χ2v) is 3.85. The Hall–Kier alpha value is -1.07. The highest BCUT2D eigenvalue weighted by molar-refractivity contribution is 7.07. The molecule has 1 rings (SSSR count). The maximum absolute atomic E-state index is 8.32. The molecule has 1 aromatic heterocycles. The summed E-state index contributed by atoms with van der Waals surface area (Å²) >= 11 is 1.68. The molecule has 0 saturated carbocycles. The summed E-state index contributed by atoms with van der Waals surface area (Å²) in [7, 11) is 0. The van der Waals surface area contributed by atoms with Crippen molar-refractivity contribution >= 4 is 17.2 Å². The van der Waals surface area contributed by atoms with Gasteiger partial charge in [0.25, 0.3) is 0 Å². The molecule has 0 bridgehead atoms. The molecule has 0 amide bonds. The first-order chi connectivity index (χ1) is 6.74. The fraction of sp³-hybridized carbons (Fsp3) is 0.444. The fourth-order valence-corrected chi connectivity index (χ4v) is 1.86. The number of nitrogens with one attached hydrogen (secondary N) is 1. The smallest absolute Gasteiger partial charge is 0.140 e. The van der Waals surface area contributed by atoms with Crippen molar-refractivity contribution < 1.29 is 5.21 Å². The van der Waals surface area contributed by atoms with Crippen molar-refractivity contribution in [3.05, 3.63) is 22.4 Å². The lowest BCUT2D eigenvalue weighted by Gasteiger charge is -2.11. The quantitative estimate of drug-likeness (QED) is 0.301. The van der Waals surface area contributed by atoms with E-state index in [4.69, 9.17) is 10.9 Å². The second-order valence-electron chi connectivity index (χ2n) is 3.07. The summed E-state index contributed by atoms with van der Waals surface area (Å²) in [4.78, 5) is 0. The summed E-state index contributed by atoms with van der Waals surface area (Å²) in [6, 6.07) is 2.40. The average Bonchev–Trinajstić information content (AvgIpc) is 2.70. The molecule has 78 valence electrons. The molecular formula is C9H15N3OS. The van der Waals surface area contributed by atoms with Crippen LogP contribution in [0.4, 0.5) is 0 Å². The molecule has 0 fully saturated rings. The molecule has 1 unspecified atom stereocenters. The van der Waals surface area contributed by atoms with Crippen molar-refractivity contribution in [2.45, 2.75) is 19.4 Å². The van der Waals surface area contributed by atoms with Gasteiger partial charge in [-0.2, -0.15) is 11.3 Å². The van der Waals surface area contributed by atoms with E-state index in [0.717, 1.165) is 0 Å². The van der Waals surface area contributed by atoms with Crippen LogP contribution in [0.1, 0.15) is 24.9 Å². The summed E-state index contributed by atoms with van der Waals surface area (Å²) in [6.07, 6.45) is 0.560. The maximum atomic E-state index is 8.32. The first kappa shape index (κ1) is 11.0. The van der Waals surface area contributed by atoms with Crippen LogP contribution in [0.3, 0.4) is 0 Å². The van der Waals surface area contributed by atoms with Gasteiger partial charge in [0, 0.05) is 19.0 Å². The molecule has 0 aliphatic carbocycles. The summed E-state index contributed by atoms with van der Waals surface area (Å²) < 4.78 is 0. The summed E-state index contributed by atoms with van der Waals surface area (Å²) in [5, 5.41) is 18.7. The van der Waals surface area contributed by atoms with Gasteiger partial charge in [0.1, 0.15) is 5.84 Å². The van der Waals surface area contributed by atoms with Crippen LogP contribution >= 0.6 is 11.3 Å². The predicted octanol–water partition coefficient (Wildman–Crippen LogP) is 1.54. The number of amidine groups is 1. The zero-order valence-electron chi connectivity index (χ0n) is 8.10. The van der Waals surface area contributed by atoms with Gasteiger partial charge in [-0.3, -0.25) is 0 Å². The topological polar surface area (TPSA) is 70.6 Å². The van der Waals surface area contributed by atoms with E-state index < -0.39 is 0 Å². The lowest BCUT2D eigenvalue weighted by molar-refractivity contribution is 0.316. The first-order valence-corrected chi connectivity index (χ1v) is 5.40. The number of thiophene rings is 1. The Morgan fingerprint density at radius 1 is 1.79 bits per heavy atom. The van der Waals surface area contributed by atoms with E-state index in [2.05, 4.69) is 34.2 Å². The van der Waals surface area contributed by atoms with Gasteiger partial charge >= 0.3 is 0 Å². The number of nitrogens with zero attached hydrogens (tertiary/aromatic N) is 1. The van der Waals surface area contributed by atoms with Crippen molar-refractivity contribution in [3.8, 4) is 0 Å². The molecule has 1 heterocycles. The van der Waals surface area contributed by atoms with Crippen molar-refractivity contribution in [3.63, 3.8) is 0 Å². The van der Waals surface area contributed by atoms with Gasteiger partial charge in [0.2, 0.25) is 0 Å². The van der Waals surface area contributed by atoms with Crippen LogP contribution in [0.15, 0.2) is 22.0 Å². The number of hydrogen-bond donors (Lipinski definition) is 3. The van der Waals surface area contributed by atoms with Gasteiger partial charge in [0.15, 0.2) is 0 Å². The SMILES string of the molecule is CC(NCCC(N)=NO)c1ccsc1. The van der Waals surface area contributed by atoms with Gasteiger partial charge in [-0.1, -0.05) is 5.16 Å². The monoisotopic (exact) mass is 213 g/mol. The molecule has 0 spiro atoms. The first-order valence-electron chi connectivity index (χ1n) is 4.46. The van der Waals surface area contributed by atoms with E-state index in [-0.39, 0.29) is 5.84 Å². The molecule has 0 aliphatic rings. The van der Waals surface area contributed by atoms with Crippen LogP contribution in [0, 0.1) is 0 Å². The summed E-state index contributed by atoms with van der Waals surface area (Å²) in [6.45, 7) is 2.81. The van der Waals surface area contributed by atoms with E-state index in [0.29, 0.717) is 19.0 Å². The van der Waals surface area contributed by atoms with Crippen LogP contribution in [0.2, 0.25) is 0 Å². The highest BCUT2D eigenvalue weighted by atomic mass is 32.1. The van der Waals surface area contributed by atoms with Gasteiger partial charge in [-0.15, -0.1) is 0 Å². The Kier molecular flexibility index (Phi) is 4.42. The van der Waals surface area contributed by atoms with Gasteiger partial charge in [0.05, 0.1) is 0 Å². The van der Waals surface area contributed by atoms with E-state index in [1.54, 1.807) is 11.3 Å². The number of oxime groups is 1. The zero-order chi connectivity index (χ0) is 10.4. The Labute approximate surface area is 87.4 Å². The molecule has 0 radical (unpaired) electrons. The second kappa shape index (κ2) is 5.62. The minimum absolute atomic E-state index is 0.259. The standard InChI is InChI=1S/C9H15N3OS/c1-7(8-3-5-14-6-8)11-4-2-9(10)12-13/h3,5-7,11,13H,2,4H2,1H3,(H2,10,12). The van der Waals surface area contributed by atoms with Gasteiger partial charge in [-0.05, 0) is 29.3 Å². The molecule has 0 aliphatic heterocycles. The Morgan fingerprint density at radius 2 is 2.57 bits per heavy atom.